The number of hydrogen-bond acceptors (Lipinski definition) is 2. The quantitative estimate of drug-likeness (QED) is 0.126. The van der Waals surface area contributed by atoms with Crippen LogP contribution in [-0.2, 0) is 20.0 Å². The van der Waals surface area contributed by atoms with E-state index in [1.165, 1.54) is 35.1 Å². The van der Waals surface area contributed by atoms with Gasteiger partial charge in [0.05, 0.1) is 0 Å². The molecule has 0 aliphatic heterocycles. The fourth-order valence-corrected chi connectivity index (χ4v) is 2.11. The van der Waals surface area contributed by atoms with Crippen molar-refractivity contribution in [2.45, 2.75) is 121 Å². The van der Waals surface area contributed by atoms with Crippen molar-refractivity contribution in [1.82, 2.24) is 0 Å². The average molecular weight is 719 g/mol. The van der Waals surface area contributed by atoms with E-state index in [0.29, 0.717) is 0 Å². The molecule has 6 N–H and O–H groups in total. The smallest absolute Gasteiger partial charge is 0.303 e. The first-order valence-electron chi connectivity index (χ1n) is 15.6. The maximum absolute atomic E-state index is 8.88. The molecular weight excluding hydrogens is 646 g/mol. The first-order chi connectivity index (χ1) is 21.6. The molecule has 0 heterocycles. The van der Waals surface area contributed by atoms with Gasteiger partial charge in [0, 0.05) is 0 Å². The molecule has 10 heteroatoms. The zero-order valence-electron chi connectivity index (χ0n) is 32.6. The van der Waals surface area contributed by atoms with Crippen molar-refractivity contribution in [3.05, 3.63) is 121 Å². The normalized spacial score (nSPS) is 9.50. The summed E-state index contributed by atoms with van der Waals surface area (Å²) in [7, 11) is -9.28. The van der Waals surface area contributed by atoms with E-state index >= 15 is 0 Å². The van der Waals surface area contributed by atoms with Crippen LogP contribution in [0.4, 0.5) is 0 Å². The molecule has 8 nitrogen and oxygen atoms in total. The van der Waals surface area contributed by atoms with Crippen LogP contribution in [0.2, 0.25) is 0 Å². The molecule has 2 rings (SSSR count). The third-order valence-electron chi connectivity index (χ3n) is 4.34. The van der Waals surface area contributed by atoms with E-state index < -0.39 is 15.6 Å². The second kappa shape index (κ2) is 37.4. The number of unbranched alkanes of at least 4 members (excludes halogenated alkanes) is 1. The number of hydrogen-bond donors (Lipinski definition) is 6. The van der Waals surface area contributed by atoms with Gasteiger partial charge in [-0.05, 0) is 63.5 Å². The molecule has 0 unspecified atom stereocenters. The molecule has 0 aromatic heterocycles. The van der Waals surface area contributed by atoms with Gasteiger partial charge in [-0.1, -0.05) is 152 Å². The van der Waals surface area contributed by atoms with E-state index in [1.807, 2.05) is 27.7 Å². The lowest BCUT2D eigenvalue weighted by Crippen LogP contribution is -2.10. The Kier molecular flexibility index (Phi) is 47.5. The summed E-state index contributed by atoms with van der Waals surface area (Å²) < 4.78 is 17.8. The first-order valence-corrected chi connectivity index (χ1v) is 18.7. The SMILES string of the molecule is C=CC.C=CC.C=CC.C=CC.CCCC.Cc1ccc(C(C)(C)C)cc1.Cc1ccc(C(C)(C)C)cc1.O=P(O)(O)O.O=P(O)(O)O. The second-order valence-corrected chi connectivity index (χ2v) is 13.9. The molecule has 0 spiro atoms. The number of phosphoric acid groups is 2. The molecule has 0 saturated heterocycles. The van der Waals surface area contributed by atoms with Gasteiger partial charge < -0.3 is 29.4 Å². The van der Waals surface area contributed by atoms with Crippen LogP contribution < -0.4 is 0 Å². The number of benzene rings is 2. The zero-order chi connectivity index (χ0) is 40.2. The van der Waals surface area contributed by atoms with Crippen molar-refractivity contribution >= 4 is 15.6 Å². The third-order valence-corrected chi connectivity index (χ3v) is 4.34. The van der Waals surface area contributed by atoms with Crippen LogP contribution in [0, 0.1) is 13.8 Å². The van der Waals surface area contributed by atoms with Gasteiger partial charge in [-0.15, -0.1) is 26.3 Å². The van der Waals surface area contributed by atoms with Crippen molar-refractivity contribution in [3.63, 3.8) is 0 Å². The standard InChI is InChI=1S/2C11H16.C4H10.4C3H6.2H3O4P/c2*1-9-5-7-10(8-6-9)11(2,3)4;1-3-4-2;4*1-3-2;2*1-5(2,3)4/h2*5-8H,1-4H3;3-4H2,1-2H3;4*3H,1H2,2H3;2*(H3,1,2,3,4). The number of rotatable bonds is 1. The molecule has 0 atom stereocenters. The third kappa shape index (κ3) is 84.5. The maximum Gasteiger partial charge on any atom is 0.466 e. The molecule has 2 aromatic rings. The Hall–Kier alpha value is -2.38. The van der Waals surface area contributed by atoms with Crippen LogP contribution in [0.3, 0.4) is 0 Å². The summed E-state index contributed by atoms with van der Waals surface area (Å²) in [4.78, 5) is 43.1. The van der Waals surface area contributed by atoms with Crippen LogP contribution >= 0.6 is 15.6 Å². The number of allylic oxidation sites excluding steroid dienone is 4. The summed E-state index contributed by atoms with van der Waals surface area (Å²) >= 11 is 0. The average Bonchev–Trinajstić information content (AvgIpc) is 2.89. The van der Waals surface area contributed by atoms with E-state index in [9.17, 15) is 0 Å². The molecular formula is C38H72O8P2. The Morgan fingerprint density at radius 3 is 0.708 bits per heavy atom. The lowest BCUT2D eigenvalue weighted by molar-refractivity contribution is 0.272. The molecule has 0 aliphatic carbocycles. The highest BCUT2D eigenvalue weighted by atomic mass is 31.2. The molecule has 0 bridgehead atoms. The van der Waals surface area contributed by atoms with E-state index in [-0.39, 0.29) is 10.8 Å². The second-order valence-electron chi connectivity index (χ2n) is 11.9. The Balaban J connectivity index is -0.0000000842. The molecule has 282 valence electrons. The van der Waals surface area contributed by atoms with Crippen molar-refractivity contribution < 1.29 is 38.5 Å². The molecule has 2 aromatic carbocycles. The monoisotopic (exact) mass is 718 g/mol. The Labute approximate surface area is 295 Å². The summed E-state index contributed by atoms with van der Waals surface area (Å²) in [5.74, 6) is 0. The van der Waals surface area contributed by atoms with Crippen molar-refractivity contribution in [3.8, 4) is 0 Å². The van der Waals surface area contributed by atoms with Crippen LogP contribution in [0.15, 0.2) is 99.2 Å². The number of aryl methyl sites for hydroxylation is 2. The van der Waals surface area contributed by atoms with E-state index in [4.69, 9.17) is 38.5 Å². The van der Waals surface area contributed by atoms with Gasteiger partial charge >= 0.3 is 15.6 Å². The minimum absolute atomic E-state index is 0.285. The van der Waals surface area contributed by atoms with Gasteiger partial charge in [0.15, 0.2) is 0 Å². The minimum Gasteiger partial charge on any atom is -0.303 e. The molecule has 0 amide bonds. The first kappa shape index (κ1) is 60.9. The van der Waals surface area contributed by atoms with Gasteiger partial charge in [0.25, 0.3) is 0 Å². The van der Waals surface area contributed by atoms with E-state index in [1.54, 1.807) is 24.3 Å². The van der Waals surface area contributed by atoms with Crippen LogP contribution in [0.1, 0.15) is 118 Å². The highest BCUT2D eigenvalue weighted by molar-refractivity contribution is 7.45. The van der Waals surface area contributed by atoms with Crippen LogP contribution in [-0.4, -0.2) is 29.4 Å². The Morgan fingerprint density at radius 2 is 0.625 bits per heavy atom. The van der Waals surface area contributed by atoms with Crippen molar-refractivity contribution in [2.24, 2.45) is 0 Å². The summed E-state index contributed by atoms with van der Waals surface area (Å²) in [5, 5.41) is 0. The van der Waals surface area contributed by atoms with E-state index in [2.05, 4.69) is 144 Å². The highest BCUT2D eigenvalue weighted by Gasteiger charge is 2.12. The Morgan fingerprint density at radius 1 is 0.500 bits per heavy atom. The van der Waals surface area contributed by atoms with Gasteiger partial charge in [-0.2, -0.15) is 0 Å². The summed E-state index contributed by atoms with van der Waals surface area (Å²) in [6.07, 6.45) is 9.64. The van der Waals surface area contributed by atoms with E-state index in [0.717, 1.165) is 0 Å². The summed E-state index contributed by atoms with van der Waals surface area (Å²) in [6.45, 7) is 43.0. The van der Waals surface area contributed by atoms with Crippen molar-refractivity contribution in [2.75, 3.05) is 0 Å². The summed E-state index contributed by atoms with van der Waals surface area (Å²) in [5.41, 5.74) is 6.05. The Bertz CT molecular complexity index is 967. The van der Waals surface area contributed by atoms with Crippen LogP contribution in [0.25, 0.3) is 0 Å². The molecule has 0 fully saturated rings. The topological polar surface area (TPSA) is 156 Å². The lowest BCUT2D eigenvalue weighted by Gasteiger charge is -2.18. The lowest BCUT2D eigenvalue weighted by atomic mass is 9.87. The maximum atomic E-state index is 8.88. The molecule has 0 saturated carbocycles. The summed E-state index contributed by atoms with van der Waals surface area (Å²) in [6, 6.07) is 17.5. The van der Waals surface area contributed by atoms with Gasteiger partial charge in [-0.25, -0.2) is 9.13 Å². The van der Waals surface area contributed by atoms with Gasteiger partial charge in [0.2, 0.25) is 0 Å². The van der Waals surface area contributed by atoms with Gasteiger partial charge in [0.1, 0.15) is 0 Å². The zero-order valence-corrected chi connectivity index (χ0v) is 34.4. The molecule has 0 radical (unpaired) electrons. The highest BCUT2D eigenvalue weighted by Crippen LogP contribution is 2.26. The predicted molar refractivity (Wildman–Crippen MR) is 212 cm³/mol. The fraction of sp³-hybridized carbons (Fsp3) is 0.474. The fourth-order valence-electron chi connectivity index (χ4n) is 2.11. The molecule has 48 heavy (non-hydrogen) atoms. The minimum atomic E-state index is -4.64. The van der Waals surface area contributed by atoms with Crippen LogP contribution in [0.5, 0.6) is 0 Å². The molecule has 0 aliphatic rings. The predicted octanol–water partition coefficient (Wildman–Crippen LogP) is 11.3. The van der Waals surface area contributed by atoms with Crippen molar-refractivity contribution in [1.29, 1.82) is 0 Å². The van der Waals surface area contributed by atoms with Gasteiger partial charge in [-0.3, -0.25) is 0 Å². The largest absolute Gasteiger partial charge is 0.466 e.